The van der Waals surface area contributed by atoms with Gasteiger partial charge in [0.15, 0.2) is 5.78 Å². The van der Waals surface area contributed by atoms with E-state index < -0.39 is 11.9 Å². The zero-order valence-corrected chi connectivity index (χ0v) is 8.60. The fraction of sp³-hybridized carbons (Fsp3) is 0.500. The molecule has 0 radical (unpaired) electrons. The Hall–Kier alpha value is -1.65. The van der Waals surface area contributed by atoms with Crippen molar-refractivity contribution in [3.05, 3.63) is 12.3 Å². The molecule has 1 atom stereocenters. The largest absolute Gasteiger partial charge is 0.468 e. The topological polar surface area (TPSA) is 81.8 Å². The number of esters is 1. The first-order valence-corrected chi connectivity index (χ1v) is 4.75. The van der Waals surface area contributed by atoms with E-state index in [-0.39, 0.29) is 11.5 Å². The summed E-state index contributed by atoms with van der Waals surface area (Å²) in [5.41, 5.74) is 5.45. The zero-order valence-electron chi connectivity index (χ0n) is 8.60. The first kappa shape index (κ1) is 11.4. The minimum atomic E-state index is -0.729. The highest BCUT2D eigenvalue weighted by Gasteiger charge is 2.30. The number of rotatable bonds is 2. The fourth-order valence-electron chi connectivity index (χ4n) is 1.48. The molecule has 0 saturated heterocycles. The summed E-state index contributed by atoms with van der Waals surface area (Å²) in [6.45, 7) is 0.541. The van der Waals surface area contributed by atoms with Crippen molar-refractivity contribution < 1.29 is 14.3 Å². The number of Topliss-reactive ketones (excluding diaryl/α,β-unsaturated/α-hetero) is 1. The van der Waals surface area contributed by atoms with E-state index in [1.807, 2.05) is 0 Å². The average Bonchev–Trinajstić information content (AvgIpc) is 2.42. The third kappa shape index (κ3) is 2.65. The van der Waals surface area contributed by atoms with Crippen LogP contribution in [0.3, 0.4) is 0 Å². The highest BCUT2D eigenvalue weighted by molar-refractivity contribution is 6.47. The van der Waals surface area contributed by atoms with Crippen LogP contribution in [0.2, 0.25) is 0 Å². The van der Waals surface area contributed by atoms with Crippen LogP contribution >= 0.6 is 0 Å². The maximum absolute atomic E-state index is 11.8. The molecule has 0 saturated carbocycles. The van der Waals surface area contributed by atoms with Gasteiger partial charge in [0.2, 0.25) is 0 Å². The van der Waals surface area contributed by atoms with Crippen LogP contribution in [0.15, 0.2) is 17.3 Å². The van der Waals surface area contributed by atoms with Crippen LogP contribution in [0.1, 0.15) is 12.8 Å². The van der Waals surface area contributed by atoms with Gasteiger partial charge in [0, 0.05) is 6.54 Å². The van der Waals surface area contributed by atoms with E-state index in [0.29, 0.717) is 19.4 Å². The number of aliphatic imine (C=N–C) groups is 1. The van der Waals surface area contributed by atoms with Gasteiger partial charge >= 0.3 is 5.97 Å². The van der Waals surface area contributed by atoms with E-state index in [4.69, 9.17) is 5.73 Å². The predicted molar refractivity (Wildman–Crippen MR) is 55.4 cm³/mol. The second-order valence-electron chi connectivity index (χ2n) is 3.21. The maximum Gasteiger partial charge on any atom is 0.316 e. The van der Waals surface area contributed by atoms with Crippen molar-refractivity contribution in [1.29, 1.82) is 0 Å². The van der Waals surface area contributed by atoms with E-state index in [2.05, 4.69) is 9.73 Å². The van der Waals surface area contributed by atoms with Crippen LogP contribution in [-0.4, -0.2) is 31.1 Å². The Balaban J connectivity index is 2.89. The Morgan fingerprint density at radius 2 is 2.40 bits per heavy atom. The highest BCUT2D eigenvalue weighted by atomic mass is 16.5. The molecule has 82 valence electrons. The molecule has 0 aromatic rings. The summed E-state index contributed by atoms with van der Waals surface area (Å²) in [6, 6.07) is 0. The van der Waals surface area contributed by atoms with Gasteiger partial charge in [-0.2, -0.15) is 0 Å². The van der Waals surface area contributed by atoms with E-state index in [1.165, 1.54) is 19.4 Å². The lowest BCUT2D eigenvalue weighted by atomic mass is 9.96. The number of nitrogens with zero attached hydrogens (tertiary/aromatic N) is 1. The Labute approximate surface area is 88.0 Å². The Bertz CT molecular complexity index is 321. The lowest BCUT2D eigenvalue weighted by molar-refractivity contribution is -0.148. The van der Waals surface area contributed by atoms with E-state index in [1.54, 1.807) is 0 Å². The lowest BCUT2D eigenvalue weighted by Gasteiger charge is -2.09. The van der Waals surface area contributed by atoms with Crippen molar-refractivity contribution in [1.82, 2.24) is 0 Å². The molecule has 2 N–H and O–H groups in total. The van der Waals surface area contributed by atoms with Crippen molar-refractivity contribution in [2.45, 2.75) is 12.8 Å². The van der Waals surface area contributed by atoms with Gasteiger partial charge in [0.1, 0.15) is 11.6 Å². The predicted octanol–water partition coefficient (Wildman–Crippen LogP) is 0.0519. The SMILES string of the molecule is COC(=O)C1CCCN=C(C=CN)C1=O. The van der Waals surface area contributed by atoms with Crippen LogP contribution in [0.25, 0.3) is 0 Å². The van der Waals surface area contributed by atoms with Crippen LogP contribution < -0.4 is 5.73 Å². The van der Waals surface area contributed by atoms with Crippen molar-refractivity contribution >= 4 is 17.5 Å². The third-order valence-corrected chi connectivity index (χ3v) is 2.24. The molecule has 0 aromatic heterocycles. The summed E-state index contributed by atoms with van der Waals surface area (Å²) < 4.78 is 4.57. The summed E-state index contributed by atoms with van der Waals surface area (Å²) in [7, 11) is 1.27. The molecule has 0 bridgehead atoms. The molecule has 1 heterocycles. The summed E-state index contributed by atoms with van der Waals surface area (Å²) in [5.74, 6) is -1.53. The molecule has 0 spiro atoms. The molecule has 1 aliphatic heterocycles. The molecule has 0 aromatic carbocycles. The molecule has 0 aliphatic carbocycles. The Kier molecular flexibility index (Phi) is 4.03. The van der Waals surface area contributed by atoms with Gasteiger partial charge < -0.3 is 10.5 Å². The second-order valence-corrected chi connectivity index (χ2v) is 3.21. The van der Waals surface area contributed by atoms with Gasteiger partial charge in [-0.3, -0.25) is 14.6 Å². The number of carbonyl (C=O) groups is 2. The monoisotopic (exact) mass is 210 g/mol. The van der Waals surface area contributed by atoms with Crippen LogP contribution in [0.5, 0.6) is 0 Å². The molecular weight excluding hydrogens is 196 g/mol. The minimum Gasteiger partial charge on any atom is -0.468 e. The minimum absolute atomic E-state index is 0.255. The first-order valence-electron chi connectivity index (χ1n) is 4.75. The van der Waals surface area contributed by atoms with Gasteiger partial charge in [0.05, 0.1) is 7.11 Å². The quantitative estimate of drug-likeness (QED) is 0.516. The van der Waals surface area contributed by atoms with Crippen molar-refractivity contribution in [2.75, 3.05) is 13.7 Å². The second kappa shape index (κ2) is 5.29. The maximum atomic E-state index is 11.8. The van der Waals surface area contributed by atoms with Crippen LogP contribution in [0.4, 0.5) is 0 Å². The summed E-state index contributed by atoms with van der Waals surface area (Å²) in [4.78, 5) is 27.2. The number of nitrogens with two attached hydrogens (primary N) is 1. The van der Waals surface area contributed by atoms with Crippen molar-refractivity contribution in [2.24, 2.45) is 16.6 Å². The van der Waals surface area contributed by atoms with E-state index in [9.17, 15) is 9.59 Å². The number of ketones is 1. The highest BCUT2D eigenvalue weighted by Crippen LogP contribution is 2.15. The van der Waals surface area contributed by atoms with E-state index in [0.717, 1.165) is 0 Å². The first-order chi connectivity index (χ1) is 7.20. The number of hydrogen-bond donors (Lipinski definition) is 1. The van der Waals surface area contributed by atoms with Crippen LogP contribution in [0, 0.1) is 5.92 Å². The Morgan fingerprint density at radius 1 is 1.67 bits per heavy atom. The van der Waals surface area contributed by atoms with Crippen molar-refractivity contribution in [3.63, 3.8) is 0 Å². The third-order valence-electron chi connectivity index (χ3n) is 2.24. The molecule has 15 heavy (non-hydrogen) atoms. The fourth-order valence-corrected chi connectivity index (χ4v) is 1.48. The van der Waals surface area contributed by atoms with Gasteiger partial charge in [-0.25, -0.2) is 0 Å². The lowest BCUT2D eigenvalue weighted by Crippen LogP contribution is -2.29. The van der Waals surface area contributed by atoms with Crippen LogP contribution in [-0.2, 0) is 14.3 Å². The normalized spacial score (nSPS) is 22.3. The number of allylic oxidation sites excluding steroid dienone is 1. The summed E-state index contributed by atoms with van der Waals surface area (Å²) in [5, 5.41) is 0. The molecule has 0 amide bonds. The number of hydrogen-bond acceptors (Lipinski definition) is 5. The molecule has 1 rings (SSSR count). The van der Waals surface area contributed by atoms with Gasteiger partial charge in [-0.15, -0.1) is 0 Å². The molecule has 1 aliphatic rings. The van der Waals surface area contributed by atoms with Gasteiger partial charge in [0.25, 0.3) is 0 Å². The molecule has 5 heteroatoms. The van der Waals surface area contributed by atoms with Gasteiger partial charge in [-0.05, 0) is 25.1 Å². The van der Waals surface area contributed by atoms with E-state index >= 15 is 0 Å². The van der Waals surface area contributed by atoms with Gasteiger partial charge in [-0.1, -0.05) is 0 Å². The Morgan fingerprint density at radius 3 is 3.00 bits per heavy atom. The average molecular weight is 210 g/mol. The van der Waals surface area contributed by atoms with Crippen molar-refractivity contribution in [3.8, 4) is 0 Å². The standard InChI is InChI=1S/C10H14N2O3/c1-15-10(14)7-3-2-6-12-8(4-5-11)9(7)13/h4-5,7H,2-3,6,11H2,1H3. The number of ether oxygens (including phenoxy) is 1. The molecular formula is C10H14N2O3. The zero-order chi connectivity index (χ0) is 11.3. The molecule has 0 fully saturated rings. The molecule has 1 unspecified atom stereocenters. The number of methoxy groups -OCH3 is 1. The summed E-state index contributed by atoms with van der Waals surface area (Å²) in [6.07, 6.45) is 3.85. The molecule has 5 nitrogen and oxygen atoms in total. The smallest absolute Gasteiger partial charge is 0.316 e. The summed E-state index contributed by atoms with van der Waals surface area (Å²) >= 11 is 0. The number of carbonyl (C=O) groups excluding carboxylic acids is 2.